The summed E-state index contributed by atoms with van der Waals surface area (Å²) in [5, 5.41) is 3.26. The van der Waals surface area contributed by atoms with Crippen molar-refractivity contribution in [2.24, 2.45) is 0 Å². The molecule has 1 aliphatic rings. The second-order valence-corrected chi connectivity index (χ2v) is 9.43. The van der Waals surface area contributed by atoms with E-state index in [-0.39, 0.29) is 0 Å². The minimum atomic E-state index is -3.44. The Morgan fingerprint density at radius 1 is 1.00 bits per heavy atom. The lowest BCUT2D eigenvalue weighted by molar-refractivity contribution is 0.145. The van der Waals surface area contributed by atoms with E-state index in [4.69, 9.17) is 12.2 Å². The largest absolute Gasteiger partial charge is 0.282 e. The second-order valence-electron chi connectivity index (χ2n) is 7.13. The van der Waals surface area contributed by atoms with Gasteiger partial charge in [0.05, 0.1) is 11.6 Å². The van der Waals surface area contributed by atoms with Gasteiger partial charge in [-0.25, -0.2) is 13.1 Å². The molecule has 2 heterocycles. The SMILES string of the molecule is Cc1ccc(-c2nc(=S)n(CN3CCN(S(=O)(=O)c4ccccc4)CC3)[nH]2)cc1. The molecule has 1 aromatic heterocycles. The number of hydrogen-bond acceptors (Lipinski definition) is 5. The molecule has 0 atom stereocenters. The summed E-state index contributed by atoms with van der Waals surface area (Å²) < 4.78 is 29.4. The van der Waals surface area contributed by atoms with Crippen LogP contribution in [0, 0.1) is 11.7 Å². The summed E-state index contributed by atoms with van der Waals surface area (Å²) in [6.45, 7) is 4.76. The van der Waals surface area contributed by atoms with Crippen LogP contribution in [-0.4, -0.2) is 58.6 Å². The van der Waals surface area contributed by atoms with Crippen molar-refractivity contribution in [2.75, 3.05) is 26.2 Å². The van der Waals surface area contributed by atoms with Crippen LogP contribution in [0.4, 0.5) is 0 Å². The number of aromatic nitrogens is 3. The second kappa shape index (κ2) is 8.19. The molecular weight excluding hydrogens is 406 g/mol. The van der Waals surface area contributed by atoms with Gasteiger partial charge in [0.15, 0.2) is 5.82 Å². The summed E-state index contributed by atoms with van der Waals surface area (Å²) in [5.74, 6) is 0.736. The van der Waals surface area contributed by atoms with Gasteiger partial charge in [-0.15, -0.1) is 0 Å². The fourth-order valence-corrected chi connectivity index (χ4v) is 4.98. The molecule has 0 spiro atoms. The van der Waals surface area contributed by atoms with Crippen molar-refractivity contribution in [3.8, 4) is 11.4 Å². The predicted octanol–water partition coefficient (Wildman–Crippen LogP) is 2.88. The molecule has 0 saturated carbocycles. The van der Waals surface area contributed by atoms with Crippen molar-refractivity contribution in [2.45, 2.75) is 18.5 Å². The van der Waals surface area contributed by atoms with Gasteiger partial charge in [0.25, 0.3) is 0 Å². The molecular formula is C20H23N5O2S2. The number of nitrogens with zero attached hydrogens (tertiary/aromatic N) is 4. The van der Waals surface area contributed by atoms with Gasteiger partial charge < -0.3 is 0 Å². The Hall–Kier alpha value is -2.33. The quantitative estimate of drug-likeness (QED) is 0.632. The smallest absolute Gasteiger partial charge is 0.243 e. The van der Waals surface area contributed by atoms with Crippen LogP contribution in [0.3, 0.4) is 0 Å². The molecule has 0 radical (unpaired) electrons. The predicted molar refractivity (Wildman–Crippen MR) is 114 cm³/mol. The van der Waals surface area contributed by atoms with E-state index >= 15 is 0 Å². The van der Waals surface area contributed by atoms with E-state index in [0.29, 0.717) is 42.5 Å². The molecule has 1 N–H and O–H groups in total. The monoisotopic (exact) mass is 429 g/mol. The van der Waals surface area contributed by atoms with E-state index in [9.17, 15) is 8.42 Å². The highest BCUT2D eigenvalue weighted by molar-refractivity contribution is 7.89. The first-order valence-electron chi connectivity index (χ1n) is 9.45. The first-order chi connectivity index (χ1) is 13.9. The van der Waals surface area contributed by atoms with Gasteiger partial charge >= 0.3 is 0 Å². The molecule has 0 aliphatic carbocycles. The van der Waals surface area contributed by atoms with Crippen LogP contribution in [0.5, 0.6) is 0 Å². The number of hydrogen-bond donors (Lipinski definition) is 1. The molecule has 152 valence electrons. The number of aromatic amines is 1. The van der Waals surface area contributed by atoms with Crippen LogP contribution in [0.15, 0.2) is 59.5 Å². The molecule has 7 nitrogen and oxygen atoms in total. The number of rotatable bonds is 5. The van der Waals surface area contributed by atoms with Gasteiger partial charge in [0.2, 0.25) is 14.8 Å². The van der Waals surface area contributed by atoms with Crippen molar-refractivity contribution < 1.29 is 8.42 Å². The zero-order chi connectivity index (χ0) is 20.4. The number of sulfonamides is 1. The van der Waals surface area contributed by atoms with Gasteiger partial charge in [-0.3, -0.25) is 10.00 Å². The average molecular weight is 430 g/mol. The van der Waals surface area contributed by atoms with Crippen molar-refractivity contribution >= 4 is 22.2 Å². The van der Waals surface area contributed by atoms with Crippen molar-refractivity contribution in [3.63, 3.8) is 0 Å². The molecule has 1 aliphatic heterocycles. The number of aryl methyl sites for hydroxylation is 1. The third-order valence-electron chi connectivity index (χ3n) is 5.06. The Labute approximate surface area is 175 Å². The maximum atomic E-state index is 12.8. The zero-order valence-corrected chi connectivity index (χ0v) is 17.8. The maximum Gasteiger partial charge on any atom is 0.243 e. The van der Waals surface area contributed by atoms with E-state index in [2.05, 4.69) is 15.0 Å². The Morgan fingerprint density at radius 3 is 2.31 bits per heavy atom. The van der Waals surface area contributed by atoms with Gasteiger partial charge in [-0.1, -0.05) is 48.0 Å². The van der Waals surface area contributed by atoms with Crippen LogP contribution >= 0.6 is 12.2 Å². The minimum Gasteiger partial charge on any atom is -0.282 e. The number of benzene rings is 2. The van der Waals surface area contributed by atoms with Gasteiger partial charge in [0.1, 0.15) is 0 Å². The number of piperazine rings is 1. The summed E-state index contributed by atoms with van der Waals surface area (Å²) in [6, 6.07) is 16.7. The zero-order valence-electron chi connectivity index (χ0n) is 16.2. The third kappa shape index (κ3) is 4.32. The van der Waals surface area contributed by atoms with E-state index in [1.807, 2.05) is 41.9 Å². The molecule has 3 aromatic rings. The molecule has 29 heavy (non-hydrogen) atoms. The molecule has 0 unspecified atom stereocenters. The van der Waals surface area contributed by atoms with Crippen LogP contribution in [0.2, 0.25) is 0 Å². The van der Waals surface area contributed by atoms with E-state index in [0.717, 1.165) is 11.4 Å². The lowest BCUT2D eigenvalue weighted by atomic mass is 10.1. The fourth-order valence-electron chi connectivity index (χ4n) is 3.35. The van der Waals surface area contributed by atoms with Crippen molar-refractivity contribution in [1.29, 1.82) is 0 Å². The molecule has 0 bridgehead atoms. The molecule has 2 aromatic carbocycles. The highest BCUT2D eigenvalue weighted by Crippen LogP contribution is 2.18. The first kappa shape index (κ1) is 20.0. The van der Waals surface area contributed by atoms with E-state index in [1.54, 1.807) is 28.6 Å². The summed E-state index contributed by atoms with van der Waals surface area (Å²) in [5.41, 5.74) is 2.18. The maximum absolute atomic E-state index is 12.8. The Balaban J connectivity index is 1.41. The Morgan fingerprint density at radius 2 is 1.66 bits per heavy atom. The lowest BCUT2D eigenvalue weighted by Crippen LogP contribution is -2.48. The van der Waals surface area contributed by atoms with Crippen molar-refractivity contribution in [1.82, 2.24) is 24.0 Å². The molecule has 1 saturated heterocycles. The topological polar surface area (TPSA) is 74.2 Å². The normalized spacial score (nSPS) is 16.2. The highest BCUT2D eigenvalue weighted by Gasteiger charge is 2.28. The first-order valence-corrected chi connectivity index (χ1v) is 11.3. The van der Waals surface area contributed by atoms with Crippen LogP contribution in [0.1, 0.15) is 5.56 Å². The van der Waals surface area contributed by atoms with E-state index in [1.165, 1.54) is 5.56 Å². The van der Waals surface area contributed by atoms with Gasteiger partial charge in [-0.2, -0.15) is 9.29 Å². The highest BCUT2D eigenvalue weighted by atomic mass is 32.2. The minimum absolute atomic E-state index is 0.340. The molecule has 4 rings (SSSR count). The summed E-state index contributed by atoms with van der Waals surface area (Å²) in [7, 11) is -3.44. The third-order valence-corrected chi connectivity index (χ3v) is 7.28. The molecule has 9 heteroatoms. The van der Waals surface area contributed by atoms with Crippen LogP contribution in [-0.2, 0) is 16.7 Å². The van der Waals surface area contributed by atoms with E-state index < -0.39 is 10.0 Å². The van der Waals surface area contributed by atoms with Crippen LogP contribution in [0.25, 0.3) is 11.4 Å². The molecule has 1 fully saturated rings. The van der Waals surface area contributed by atoms with Gasteiger partial charge in [-0.05, 0) is 31.3 Å². The number of H-pyrrole nitrogens is 1. The summed E-state index contributed by atoms with van der Waals surface area (Å²) >= 11 is 5.40. The lowest BCUT2D eigenvalue weighted by Gasteiger charge is -2.33. The Kier molecular flexibility index (Phi) is 5.64. The summed E-state index contributed by atoms with van der Waals surface area (Å²) in [4.78, 5) is 6.97. The van der Waals surface area contributed by atoms with Gasteiger partial charge in [0, 0.05) is 31.7 Å². The Bertz CT molecular complexity index is 1130. The summed E-state index contributed by atoms with van der Waals surface area (Å²) in [6.07, 6.45) is 0. The molecule has 0 amide bonds. The number of nitrogens with one attached hydrogen (secondary N) is 1. The average Bonchev–Trinajstić information content (AvgIpc) is 3.10. The fraction of sp³-hybridized carbons (Fsp3) is 0.300. The standard InChI is InChI=1S/C20H23N5O2S2/c1-16-7-9-17(10-8-16)19-21-20(28)25(22-19)15-23-11-13-24(14-12-23)29(26,27)18-5-3-2-4-6-18/h2-10H,11-15H2,1H3,(H,21,22,28). The van der Waals surface area contributed by atoms with Crippen molar-refractivity contribution in [3.05, 3.63) is 64.9 Å². The van der Waals surface area contributed by atoms with Crippen LogP contribution < -0.4 is 0 Å².